The fourth-order valence-electron chi connectivity index (χ4n) is 3.08. The van der Waals surface area contributed by atoms with Crippen molar-refractivity contribution >= 4 is 0 Å². The fourth-order valence-corrected chi connectivity index (χ4v) is 3.08. The van der Waals surface area contributed by atoms with Crippen LogP contribution in [0.15, 0.2) is 53.3 Å². The van der Waals surface area contributed by atoms with Crippen molar-refractivity contribution in [1.82, 2.24) is 25.1 Å². The van der Waals surface area contributed by atoms with Crippen LogP contribution in [0.2, 0.25) is 0 Å². The van der Waals surface area contributed by atoms with E-state index in [1.165, 1.54) is 5.56 Å². The highest BCUT2D eigenvalue weighted by Gasteiger charge is 2.28. The molecule has 1 atom stereocenters. The Balaban J connectivity index is 1.36. The smallest absolute Gasteiger partial charge is 0.267 e. The van der Waals surface area contributed by atoms with Gasteiger partial charge in [0.05, 0.1) is 12.1 Å². The van der Waals surface area contributed by atoms with Gasteiger partial charge in [-0.05, 0) is 24.9 Å². The van der Waals surface area contributed by atoms with E-state index < -0.39 is 0 Å². The van der Waals surface area contributed by atoms with E-state index in [0.717, 1.165) is 32.5 Å². The molecule has 0 spiro atoms. The molecule has 1 saturated heterocycles. The number of rotatable bonds is 5. The molecule has 24 heavy (non-hydrogen) atoms. The van der Waals surface area contributed by atoms with E-state index in [9.17, 15) is 0 Å². The molecule has 1 aliphatic rings. The predicted molar refractivity (Wildman–Crippen MR) is 89.3 cm³/mol. The maximum Gasteiger partial charge on any atom is 0.267 e. The van der Waals surface area contributed by atoms with E-state index in [4.69, 9.17) is 4.42 Å². The number of hydrogen-bond acceptors (Lipinski definition) is 6. The standard InChI is InChI=1S/C18H19N5O/c1-2-4-14(5-3-1)6-10-23-11-7-15(13-23)17-21-22-18(24-17)16-12-19-8-9-20-16/h1-5,8-9,12,15H,6-7,10-11,13H2. The Bertz CT molecular complexity index is 774. The van der Waals surface area contributed by atoms with Crippen LogP contribution in [0.5, 0.6) is 0 Å². The van der Waals surface area contributed by atoms with Gasteiger partial charge in [0.1, 0.15) is 5.69 Å². The number of likely N-dealkylation sites (tertiary alicyclic amines) is 1. The molecule has 3 heterocycles. The monoisotopic (exact) mass is 321 g/mol. The number of aromatic nitrogens is 4. The lowest BCUT2D eigenvalue weighted by Crippen LogP contribution is -2.23. The van der Waals surface area contributed by atoms with Gasteiger partial charge in [-0.3, -0.25) is 4.98 Å². The Labute approximate surface area is 140 Å². The molecule has 1 fully saturated rings. The second-order valence-electron chi connectivity index (χ2n) is 6.06. The van der Waals surface area contributed by atoms with Gasteiger partial charge in [0.15, 0.2) is 0 Å². The van der Waals surface area contributed by atoms with Crippen molar-refractivity contribution in [2.45, 2.75) is 18.8 Å². The summed E-state index contributed by atoms with van der Waals surface area (Å²) in [5.74, 6) is 1.46. The number of hydrogen-bond donors (Lipinski definition) is 0. The Morgan fingerprint density at radius 3 is 2.88 bits per heavy atom. The molecule has 1 aliphatic heterocycles. The van der Waals surface area contributed by atoms with Gasteiger partial charge in [-0.2, -0.15) is 0 Å². The molecule has 6 heteroatoms. The lowest BCUT2D eigenvalue weighted by atomic mass is 10.1. The zero-order valence-corrected chi connectivity index (χ0v) is 13.4. The number of benzene rings is 1. The summed E-state index contributed by atoms with van der Waals surface area (Å²) in [6.45, 7) is 3.10. The lowest BCUT2D eigenvalue weighted by Gasteiger charge is -2.14. The highest BCUT2D eigenvalue weighted by Crippen LogP contribution is 2.28. The van der Waals surface area contributed by atoms with E-state index in [1.807, 2.05) is 0 Å². The van der Waals surface area contributed by atoms with Gasteiger partial charge >= 0.3 is 0 Å². The highest BCUT2D eigenvalue weighted by molar-refractivity contribution is 5.43. The molecule has 4 rings (SSSR count). The minimum Gasteiger partial charge on any atom is -0.419 e. The first kappa shape index (κ1) is 15.0. The molecule has 3 aromatic rings. The van der Waals surface area contributed by atoms with Crippen LogP contribution in [0.3, 0.4) is 0 Å². The second kappa shape index (κ2) is 6.88. The van der Waals surface area contributed by atoms with Gasteiger partial charge in [0.2, 0.25) is 5.89 Å². The third-order valence-corrected chi connectivity index (χ3v) is 4.40. The summed E-state index contributed by atoms with van der Waals surface area (Å²) in [5.41, 5.74) is 2.00. The molecular weight excluding hydrogens is 302 g/mol. The maximum absolute atomic E-state index is 5.81. The van der Waals surface area contributed by atoms with Crippen LogP contribution in [0.1, 0.15) is 23.8 Å². The third kappa shape index (κ3) is 3.33. The summed E-state index contributed by atoms with van der Waals surface area (Å²) in [5, 5.41) is 8.33. The highest BCUT2D eigenvalue weighted by atomic mass is 16.4. The molecule has 0 saturated carbocycles. The van der Waals surface area contributed by atoms with Gasteiger partial charge in [-0.1, -0.05) is 30.3 Å². The summed E-state index contributed by atoms with van der Waals surface area (Å²) < 4.78 is 5.81. The van der Waals surface area contributed by atoms with Crippen molar-refractivity contribution in [2.75, 3.05) is 19.6 Å². The van der Waals surface area contributed by atoms with Crippen molar-refractivity contribution in [3.8, 4) is 11.6 Å². The van der Waals surface area contributed by atoms with Crippen molar-refractivity contribution in [1.29, 1.82) is 0 Å². The van der Waals surface area contributed by atoms with Crippen LogP contribution in [0, 0.1) is 0 Å². The first-order valence-corrected chi connectivity index (χ1v) is 8.24. The van der Waals surface area contributed by atoms with Crippen LogP contribution < -0.4 is 0 Å². The summed E-state index contributed by atoms with van der Waals surface area (Å²) >= 11 is 0. The van der Waals surface area contributed by atoms with Crippen molar-refractivity contribution < 1.29 is 4.42 Å². The Hall–Kier alpha value is -2.60. The summed E-state index contributed by atoms with van der Waals surface area (Å²) in [7, 11) is 0. The van der Waals surface area contributed by atoms with Crippen LogP contribution in [0.4, 0.5) is 0 Å². The molecule has 0 amide bonds. The summed E-state index contributed by atoms with van der Waals surface area (Å²) in [4.78, 5) is 10.7. The molecular formula is C18H19N5O. The van der Waals surface area contributed by atoms with Crippen molar-refractivity contribution in [3.05, 3.63) is 60.4 Å². The van der Waals surface area contributed by atoms with Crippen LogP contribution in [0.25, 0.3) is 11.6 Å². The van der Waals surface area contributed by atoms with E-state index in [0.29, 0.717) is 23.4 Å². The molecule has 1 unspecified atom stereocenters. The molecule has 2 aromatic heterocycles. The molecule has 122 valence electrons. The largest absolute Gasteiger partial charge is 0.419 e. The van der Waals surface area contributed by atoms with Crippen LogP contribution in [-0.4, -0.2) is 44.7 Å². The molecule has 0 bridgehead atoms. The zero-order valence-electron chi connectivity index (χ0n) is 13.4. The van der Waals surface area contributed by atoms with Gasteiger partial charge in [-0.15, -0.1) is 10.2 Å². The van der Waals surface area contributed by atoms with E-state index in [2.05, 4.69) is 55.4 Å². The van der Waals surface area contributed by atoms with E-state index in [-0.39, 0.29) is 0 Å². The normalized spacial score (nSPS) is 18.1. The predicted octanol–water partition coefficient (Wildman–Crippen LogP) is 2.56. The first-order valence-electron chi connectivity index (χ1n) is 8.24. The Morgan fingerprint density at radius 1 is 1.12 bits per heavy atom. The van der Waals surface area contributed by atoms with Crippen molar-refractivity contribution in [3.63, 3.8) is 0 Å². The SMILES string of the molecule is c1ccc(CCN2CCC(c3nnc(-c4cnccn4)o3)C2)cc1. The first-order chi connectivity index (χ1) is 11.9. The summed E-state index contributed by atoms with van der Waals surface area (Å²) in [6.07, 6.45) is 7.01. The molecule has 0 aliphatic carbocycles. The topological polar surface area (TPSA) is 67.9 Å². The molecule has 0 radical (unpaired) electrons. The van der Waals surface area contributed by atoms with Crippen LogP contribution in [-0.2, 0) is 6.42 Å². The number of nitrogens with zero attached hydrogens (tertiary/aromatic N) is 5. The van der Waals surface area contributed by atoms with Crippen molar-refractivity contribution in [2.24, 2.45) is 0 Å². The zero-order chi connectivity index (χ0) is 16.2. The van der Waals surface area contributed by atoms with Gasteiger partial charge in [-0.25, -0.2) is 4.98 Å². The van der Waals surface area contributed by atoms with E-state index in [1.54, 1.807) is 18.6 Å². The second-order valence-corrected chi connectivity index (χ2v) is 6.06. The average molecular weight is 321 g/mol. The molecule has 0 N–H and O–H groups in total. The third-order valence-electron chi connectivity index (χ3n) is 4.40. The lowest BCUT2D eigenvalue weighted by molar-refractivity contribution is 0.331. The van der Waals surface area contributed by atoms with Gasteiger partial charge in [0, 0.05) is 25.5 Å². The van der Waals surface area contributed by atoms with E-state index >= 15 is 0 Å². The Kier molecular flexibility index (Phi) is 4.29. The minimum absolute atomic E-state index is 0.304. The maximum atomic E-state index is 5.81. The van der Waals surface area contributed by atoms with Crippen LogP contribution >= 0.6 is 0 Å². The fraction of sp³-hybridized carbons (Fsp3) is 0.333. The Morgan fingerprint density at radius 2 is 2.04 bits per heavy atom. The molecule has 6 nitrogen and oxygen atoms in total. The van der Waals surface area contributed by atoms with Gasteiger partial charge in [0.25, 0.3) is 5.89 Å². The van der Waals surface area contributed by atoms with Gasteiger partial charge < -0.3 is 9.32 Å². The quantitative estimate of drug-likeness (QED) is 0.719. The average Bonchev–Trinajstić information content (AvgIpc) is 3.31. The molecule has 1 aromatic carbocycles. The minimum atomic E-state index is 0.304. The summed E-state index contributed by atoms with van der Waals surface area (Å²) in [6, 6.07) is 10.6.